The maximum atomic E-state index is 13.1. The Morgan fingerprint density at radius 2 is 1.67 bits per heavy atom. The van der Waals surface area contributed by atoms with Crippen LogP contribution in [0.4, 0.5) is 4.39 Å². The second-order valence-corrected chi connectivity index (χ2v) is 6.95. The molecule has 0 spiro atoms. The van der Waals surface area contributed by atoms with Crippen LogP contribution in [0.25, 0.3) is 21.7 Å². The van der Waals surface area contributed by atoms with Crippen molar-refractivity contribution in [2.24, 2.45) is 0 Å². The number of halogens is 1. The number of H-pyrrole nitrogens is 1. The summed E-state index contributed by atoms with van der Waals surface area (Å²) in [4.78, 5) is 39.3. The number of carbonyl (C=O) groups is 2. The summed E-state index contributed by atoms with van der Waals surface area (Å²) in [5, 5.41) is 14.1. The fourth-order valence-electron chi connectivity index (χ4n) is 3.43. The molecule has 0 fully saturated rings. The van der Waals surface area contributed by atoms with Gasteiger partial charge in [0.25, 0.3) is 11.5 Å². The summed E-state index contributed by atoms with van der Waals surface area (Å²) in [7, 11) is 0. The largest absolute Gasteiger partial charge is 0.480 e. The number of aromatic nitrogens is 1. The number of amides is 1. The van der Waals surface area contributed by atoms with Crippen LogP contribution >= 0.6 is 0 Å². The standard InChI is InChI=1S/C23H17FN2O4/c24-15-8-5-13(6-9-15)11-20(23(29)30)26-21(27)14-7-10-17-16-3-1-2-4-18(16)22(28)25-19(17)12-14/h1-10,12,20H,11H2,(H,25,28)(H,26,27)(H,29,30)/t20-/m1/s1. The molecule has 1 heterocycles. The van der Waals surface area contributed by atoms with Crippen LogP contribution in [0, 0.1) is 5.82 Å². The Morgan fingerprint density at radius 3 is 2.37 bits per heavy atom. The molecule has 3 aromatic carbocycles. The van der Waals surface area contributed by atoms with Crippen molar-refractivity contribution >= 4 is 33.6 Å². The number of pyridine rings is 1. The highest BCUT2D eigenvalue weighted by atomic mass is 19.1. The van der Waals surface area contributed by atoms with E-state index in [1.165, 1.54) is 30.3 Å². The Morgan fingerprint density at radius 1 is 0.967 bits per heavy atom. The van der Waals surface area contributed by atoms with Crippen molar-refractivity contribution in [3.8, 4) is 0 Å². The van der Waals surface area contributed by atoms with E-state index in [1.54, 1.807) is 24.3 Å². The molecule has 30 heavy (non-hydrogen) atoms. The smallest absolute Gasteiger partial charge is 0.326 e. The molecule has 3 N–H and O–H groups in total. The lowest BCUT2D eigenvalue weighted by atomic mass is 10.0. The van der Waals surface area contributed by atoms with E-state index in [4.69, 9.17) is 0 Å². The Labute approximate surface area is 170 Å². The average molecular weight is 404 g/mol. The van der Waals surface area contributed by atoms with E-state index >= 15 is 0 Å². The number of aliphatic carboxylic acids is 1. The summed E-state index contributed by atoms with van der Waals surface area (Å²) < 4.78 is 13.1. The molecule has 150 valence electrons. The van der Waals surface area contributed by atoms with Gasteiger partial charge >= 0.3 is 5.97 Å². The number of aromatic amines is 1. The summed E-state index contributed by atoms with van der Waals surface area (Å²) in [5.74, 6) is -2.21. The first-order valence-electron chi connectivity index (χ1n) is 9.25. The van der Waals surface area contributed by atoms with Crippen molar-refractivity contribution in [2.45, 2.75) is 12.5 Å². The zero-order valence-corrected chi connectivity index (χ0v) is 15.7. The minimum absolute atomic E-state index is 0.0103. The molecule has 6 nitrogen and oxygen atoms in total. The van der Waals surface area contributed by atoms with Gasteiger partial charge in [0, 0.05) is 28.3 Å². The first kappa shape index (κ1) is 19.3. The van der Waals surface area contributed by atoms with Crippen LogP contribution < -0.4 is 10.9 Å². The molecule has 0 saturated carbocycles. The Hall–Kier alpha value is -4.00. The molecule has 0 aliphatic carbocycles. The zero-order chi connectivity index (χ0) is 21.3. The van der Waals surface area contributed by atoms with E-state index in [0.29, 0.717) is 16.5 Å². The predicted octanol–water partition coefficient (Wildman–Crippen LogP) is 3.25. The molecule has 0 aliphatic heterocycles. The summed E-state index contributed by atoms with van der Waals surface area (Å²) >= 11 is 0. The van der Waals surface area contributed by atoms with Gasteiger partial charge in [-0.25, -0.2) is 9.18 Å². The van der Waals surface area contributed by atoms with Gasteiger partial charge in [0.05, 0.1) is 0 Å². The summed E-state index contributed by atoms with van der Waals surface area (Å²) in [5.41, 5.74) is 1.02. The Bertz CT molecular complexity index is 1330. The van der Waals surface area contributed by atoms with Gasteiger partial charge in [-0.05, 0) is 41.3 Å². The van der Waals surface area contributed by atoms with E-state index in [-0.39, 0.29) is 17.5 Å². The number of carboxylic acid groups (broad SMARTS) is 1. The molecule has 0 aliphatic rings. The van der Waals surface area contributed by atoms with Crippen LogP contribution in [-0.2, 0) is 11.2 Å². The first-order valence-corrected chi connectivity index (χ1v) is 9.25. The topological polar surface area (TPSA) is 99.3 Å². The van der Waals surface area contributed by atoms with Crippen LogP contribution in [-0.4, -0.2) is 28.0 Å². The van der Waals surface area contributed by atoms with Crippen molar-refractivity contribution in [1.29, 1.82) is 0 Å². The molecule has 0 bridgehead atoms. The number of hydrogen-bond acceptors (Lipinski definition) is 3. The number of rotatable bonds is 5. The van der Waals surface area contributed by atoms with Gasteiger partial charge in [-0.15, -0.1) is 0 Å². The van der Waals surface area contributed by atoms with Crippen molar-refractivity contribution in [3.63, 3.8) is 0 Å². The highest BCUT2D eigenvalue weighted by Crippen LogP contribution is 2.22. The van der Waals surface area contributed by atoms with Gasteiger partial charge in [0.15, 0.2) is 0 Å². The van der Waals surface area contributed by atoms with E-state index in [1.807, 2.05) is 12.1 Å². The molecule has 4 aromatic rings. The maximum absolute atomic E-state index is 13.1. The van der Waals surface area contributed by atoms with Crippen molar-refractivity contribution in [1.82, 2.24) is 10.3 Å². The number of hydrogen-bond donors (Lipinski definition) is 3. The maximum Gasteiger partial charge on any atom is 0.326 e. The highest BCUT2D eigenvalue weighted by Gasteiger charge is 2.21. The van der Waals surface area contributed by atoms with Crippen molar-refractivity contribution in [2.75, 3.05) is 0 Å². The normalized spacial score (nSPS) is 12.0. The average Bonchev–Trinajstić information content (AvgIpc) is 2.74. The number of nitrogens with one attached hydrogen (secondary N) is 2. The van der Waals surface area contributed by atoms with Gasteiger partial charge in [-0.3, -0.25) is 9.59 Å². The molecular formula is C23H17FN2O4. The van der Waals surface area contributed by atoms with Crippen LogP contribution in [0.1, 0.15) is 15.9 Å². The fourth-order valence-corrected chi connectivity index (χ4v) is 3.43. The van der Waals surface area contributed by atoms with E-state index < -0.39 is 23.7 Å². The van der Waals surface area contributed by atoms with Crippen LogP contribution in [0.2, 0.25) is 0 Å². The van der Waals surface area contributed by atoms with Crippen LogP contribution in [0.3, 0.4) is 0 Å². The minimum atomic E-state index is -1.20. The molecule has 0 unspecified atom stereocenters. The summed E-state index contributed by atoms with van der Waals surface area (Å²) in [6, 6.07) is 16.2. The zero-order valence-electron chi connectivity index (χ0n) is 15.7. The first-order chi connectivity index (χ1) is 14.4. The van der Waals surface area contributed by atoms with Gasteiger partial charge in [0.1, 0.15) is 11.9 Å². The fraction of sp³-hybridized carbons (Fsp3) is 0.0870. The number of fused-ring (bicyclic) bond motifs is 3. The lowest BCUT2D eigenvalue weighted by molar-refractivity contribution is -0.139. The van der Waals surface area contributed by atoms with E-state index in [9.17, 15) is 23.9 Å². The molecule has 7 heteroatoms. The lowest BCUT2D eigenvalue weighted by Gasteiger charge is -2.15. The number of benzene rings is 3. The molecule has 1 aromatic heterocycles. The lowest BCUT2D eigenvalue weighted by Crippen LogP contribution is -2.42. The summed E-state index contributed by atoms with van der Waals surface area (Å²) in [6.07, 6.45) is 0.0103. The Kier molecular flexibility index (Phi) is 5.02. The molecule has 4 rings (SSSR count). The third kappa shape index (κ3) is 3.77. The van der Waals surface area contributed by atoms with Gasteiger partial charge in [-0.2, -0.15) is 0 Å². The predicted molar refractivity (Wildman–Crippen MR) is 111 cm³/mol. The minimum Gasteiger partial charge on any atom is -0.480 e. The molecule has 0 radical (unpaired) electrons. The molecule has 1 atom stereocenters. The van der Waals surface area contributed by atoms with Gasteiger partial charge in [0.2, 0.25) is 0 Å². The number of carbonyl (C=O) groups excluding carboxylic acids is 1. The molecular weight excluding hydrogens is 387 g/mol. The third-order valence-electron chi connectivity index (χ3n) is 4.95. The SMILES string of the molecule is O=C(N[C@H](Cc1ccc(F)cc1)C(=O)O)c1ccc2c(c1)[nH]c(=O)c1ccccc12. The number of carboxylic acids is 1. The van der Waals surface area contributed by atoms with Crippen LogP contribution in [0.15, 0.2) is 71.5 Å². The highest BCUT2D eigenvalue weighted by molar-refractivity contribution is 6.07. The van der Waals surface area contributed by atoms with Gasteiger partial charge in [-0.1, -0.05) is 36.4 Å². The quantitative estimate of drug-likeness (QED) is 0.445. The van der Waals surface area contributed by atoms with Gasteiger partial charge < -0.3 is 15.4 Å². The second kappa shape index (κ2) is 7.79. The molecule has 0 saturated heterocycles. The Balaban J connectivity index is 1.63. The molecule has 1 amide bonds. The van der Waals surface area contributed by atoms with E-state index in [0.717, 1.165) is 10.8 Å². The van der Waals surface area contributed by atoms with Crippen LogP contribution in [0.5, 0.6) is 0 Å². The third-order valence-corrected chi connectivity index (χ3v) is 4.95. The van der Waals surface area contributed by atoms with E-state index in [2.05, 4.69) is 10.3 Å². The second-order valence-electron chi connectivity index (χ2n) is 6.95. The van der Waals surface area contributed by atoms with Crippen molar-refractivity contribution in [3.05, 3.63) is 94.0 Å². The summed E-state index contributed by atoms with van der Waals surface area (Å²) in [6.45, 7) is 0. The van der Waals surface area contributed by atoms with Crippen molar-refractivity contribution < 1.29 is 19.1 Å². The monoisotopic (exact) mass is 404 g/mol.